The first-order valence-corrected chi connectivity index (χ1v) is 6.69. The molecule has 0 saturated carbocycles. The summed E-state index contributed by atoms with van der Waals surface area (Å²) in [7, 11) is 5.52. The van der Waals surface area contributed by atoms with Crippen LogP contribution in [0.15, 0.2) is 18.2 Å². The standard InChI is InChI=1S/C15H25N3O/c1-6-11(2)10-18(5)14-9-12(7-8-13(14)16)15(19)17(3)4/h7-9,11H,6,10,16H2,1-5H3. The Morgan fingerprint density at radius 2 is 1.95 bits per heavy atom. The lowest BCUT2D eigenvalue weighted by Crippen LogP contribution is -2.26. The molecule has 0 saturated heterocycles. The number of benzene rings is 1. The molecule has 2 N–H and O–H groups in total. The number of hydrogen-bond acceptors (Lipinski definition) is 3. The van der Waals surface area contributed by atoms with Gasteiger partial charge >= 0.3 is 0 Å². The zero-order chi connectivity index (χ0) is 14.6. The van der Waals surface area contributed by atoms with E-state index in [2.05, 4.69) is 18.7 Å². The lowest BCUT2D eigenvalue weighted by molar-refractivity contribution is 0.0827. The van der Waals surface area contributed by atoms with Crippen LogP contribution in [-0.4, -0.2) is 38.5 Å². The summed E-state index contributed by atoms with van der Waals surface area (Å²) in [6.07, 6.45) is 1.13. The van der Waals surface area contributed by atoms with E-state index in [0.717, 1.165) is 18.7 Å². The fourth-order valence-electron chi connectivity index (χ4n) is 1.96. The Morgan fingerprint density at radius 3 is 2.47 bits per heavy atom. The smallest absolute Gasteiger partial charge is 0.253 e. The van der Waals surface area contributed by atoms with Crippen molar-refractivity contribution >= 4 is 17.3 Å². The summed E-state index contributed by atoms with van der Waals surface area (Å²) in [5.41, 5.74) is 8.32. The second kappa shape index (κ2) is 6.45. The molecule has 0 bridgehead atoms. The largest absolute Gasteiger partial charge is 0.397 e. The molecule has 19 heavy (non-hydrogen) atoms. The molecule has 1 unspecified atom stereocenters. The predicted octanol–water partition coefficient (Wildman–Crippen LogP) is 2.45. The predicted molar refractivity (Wildman–Crippen MR) is 81.6 cm³/mol. The Kier molecular flexibility index (Phi) is 5.21. The molecule has 4 heteroatoms. The normalized spacial score (nSPS) is 12.1. The molecule has 106 valence electrons. The van der Waals surface area contributed by atoms with Crippen LogP contribution in [0.25, 0.3) is 0 Å². The topological polar surface area (TPSA) is 49.6 Å². The van der Waals surface area contributed by atoms with E-state index in [1.807, 2.05) is 13.1 Å². The lowest BCUT2D eigenvalue weighted by atomic mass is 10.1. The molecule has 0 radical (unpaired) electrons. The molecular weight excluding hydrogens is 238 g/mol. The van der Waals surface area contributed by atoms with Gasteiger partial charge in [-0.3, -0.25) is 4.79 Å². The highest BCUT2D eigenvalue weighted by Crippen LogP contribution is 2.25. The van der Waals surface area contributed by atoms with Gasteiger partial charge in [0.15, 0.2) is 0 Å². The van der Waals surface area contributed by atoms with E-state index >= 15 is 0 Å². The van der Waals surface area contributed by atoms with Crippen molar-refractivity contribution in [2.45, 2.75) is 20.3 Å². The number of carbonyl (C=O) groups excluding carboxylic acids is 1. The van der Waals surface area contributed by atoms with Gasteiger partial charge in [0.25, 0.3) is 5.91 Å². The van der Waals surface area contributed by atoms with Crippen LogP contribution < -0.4 is 10.6 Å². The van der Waals surface area contributed by atoms with E-state index in [9.17, 15) is 4.79 Å². The molecule has 0 aliphatic rings. The van der Waals surface area contributed by atoms with E-state index in [1.165, 1.54) is 0 Å². The van der Waals surface area contributed by atoms with E-state index in [1.54, 1.807) is 31.1 Å². The Morgan fingerprint density at radius 1 is 1.32 bits per heavy atom. The number of nitrogens with zero attached hydrogens (tertiary/aromatic N) is 2. The Labute approximate surface area is 116 Å². The minimum absolute atomic E-state index is 0.00168. The number of carbonyl (C=O) groups is 1. The van der Waals surface area contributed by atoms with Gasteiger partial charge in [-0.15, -0.1) is 0 Å². The third kappa shape index (κ3) is 3.88. The van der Waals surface area contributed by atoms with Crippen molar-refractivity contribution in [1.82, 2.24) is 4.90 Å². The first-order chi connectivity index (χ1) is 8.86. The molecule has 1 aromatic rings. The second-order valence-corrected chi connectivity index (χ2v) is 5.37. The number of amides is 1. The molecule has 0 aliphatic carbocycles. The van der Waals surface area contributed by atoms with Crippen LogP contribution in [0.4, 0.5) is 11.4 Å². The summed E-state index contributed by atoms with van der Waals surface area (Å²) in [5.74, 6) is 0.593. The van der Waals surface area contributed by atoms with Crippen LogP contribution in [0, 0.1) is 5.92 Å². The molecule has 1 rings (SSSR count). The van der Waals surface area contributed by atoms with Crippen molar-refractivity contribution in [2.75, 3.05) is 38.3 Å². The molecular formula is C15H25N3O. The average Bonchev–Trinajstić information content (AvgIpc) is 2.37. The Hall–Kier alpha value is -1.71. The SMILES string of the molecule is CCC(C)CN(C)c1cc(C(=O)N(C)C)ccc1N. The molecule has 1 amide bonds. The van der Waals surface area contributed by atoms with Crippen molar-refractivity contribution in [3.8, 4) is 0 Å². The van der Waals surface area contributed by atoms with Gasteiger partial charge in [0.05, 0.1) is 11.4 Å². The maximum atomic E-state index is 12.0. The van der Waals surface area contributed by atoms with E-state index in [-0.39, 0.29) is 5.91 Å². The summed E-state index contributed by atoms with van der Waals surface area (Å²) in [6, 6.07) is 5.46. The molecule has 0 heterocycles. The van der Waals surface area contributed by atoms with Gasteiger partial charge in [0.1, 0.15) is 0 Å². The van der Waals surface area contributed by atoms with Crippen molar-refractivity contribution in [3.05, 3.63) is 23.8 Å². The van der Waals surface area contributed by atoms with Crippen LogP contribution in [0.3, 0.4) is 0 Å². The highest BCUT2D eigenvalue weighted by molar-refractivity contribution is 5.96. The molecule has 0 aromatic heterocycles. The third-order valence-corrected chi connectivity index (χ3v) is 3.38. The lowest BCUT2D eigenvalue weighted by Gasteiger charge is -2.25. The molecule has 1 aromatic carbocycles. The average molecular weight is 263 g/mol. The fraction of sp³-hybridized carbons (Fsp3) is 0.533. The highest BCUT2D eigenvalue weighted by Gasteiger charge is 2.13. The van der Waals surface area contributed by atoms with Crippen LogP contribution in [0.1, 0.15) is 30.6 Å². The Balaban J connectivity index is 3.00. The molecule has 1 atom stereocenters. The van der Waals surface area contributed by atoms with Crippen LogP contribution >= 0.6 is 0 Å². The zero-order valence-corrected chi connectivity index (χ0v) is 12.6. The Bertz CT molecular complexity index is 443. The van der Waals surface area contributed by atoms with Crippen molar-refractivity contribution in [1.29, 1.82) is 0 Å². The number of hydrogen-bond donors (Lipinski definition) is 1. The van der Waals surface area contributed by atoms with Crippen LogP contribution in [0.2, 0.25) is 0 Å². The molecule has 0 spiro atoms. The minimum Gasteiger partial charge on any atom is -0.397 e. The maximum absolute atomic E-state index is 12.0. The maximum Gasteiger partial charge on any atom is 0.253 e. The van der Waals surface area contributed by atoms with Crippen molar-refractivity contribution in [3.63, 3.8) is 0 Å². The van der Waals surface area contributed by atoms with Gasteiger partial charge < -0.3 is 15.5 Å². The first-order valence-electron chi connectivity index (χ1n) is 6.69. The van der Waals surface area contributed by atoms with E-state index in [4.69, 9.17) is 5.73 Å². The van der Waals surface area contributed by atoms with Gasteiger partial charge in [-0.25, -0.2) is 0 Å². The summed E-state index contributed by atoms with van der Waals surface area (Å²) in [5, 5.41) is 0. The number of rotatable bonds is 5. The monoisotopic (exact) mass is 263 g/mol. The molecule has 0 fully saturated rings. The quantitative estimate of drug-likeness (QED) is 0.830. The molecule has 4 nitrogen and oxygen atoms in total. The number of nitrogens with two attached hydrogens (primary N) is 1. The summed E-state index contributed by atoms with van der Waals surface area (Å²) >= 11 is 0. The van der Waals surface area contributed by atoms with Gasteiger partial charge in [0, 0.05) is 33.3 Å². The van der Waals surface area contributed by atoms with Crippen molar-refractivity contribution < 1.29 is 4.79 Å². The first kappa shape index (κ1) is 15.3. The van der Waals surface area contributed by atoms with Crippen molar-refractivity contribution in [2.24, 2.45) is 5.92 Å². The summed E-state index contributed by atoms with van der Waals surface area (Å²) in [4.78, 5) is 15.7. The highest BCUT2D eigenvalue weighted by atomic mass is 16.2. The number of anilines is 2. The van der Waals surface area contributed by atoms with Crippen LogP contribution in [-0.2, 0) is 0 Å². The van der Waals surface area contributed by atoms with Gasteiger partial charge in [0.2, 0.25) is 0 Å². The van der Waals surface area contributed by atoms with Gasteiger partial charge in [-0.05, 0) is 24.1 Å². The molecule has 0 aliphatic heterocycles. The summed E-state index contributed by atoms with van der Waals surface area (Å²) < 4.78 is 0. The van der Waals surface area contributed by atoms with Gasteiger partial charge in [-0.1, -0.05) is 20.3 Å². The summed E-state index contributed by atoms with van der Waals surface area (Å²) in [6.45, 7) is 5.32. The van der Waals surface area contributed by atoms with E-state index in [0.29, 0.717) is 17.2 Å². The van der Waals surface area contributed by atoms with Crippen LogP contribution in [0.5, 0.6) is 0 Å². The minimum atomic E-state index is -0.00168. The zero-order valence-electron chi connectivity index (χ0n) is 12.6. The van der Waals surface area contributed by atoms with E-state index < -0.39 is 0 Å². The second-order valence-electron chi connectivity index (χ2n) is 5.37. The number of nitrogen functional groups attached to an aromatic ring is 1. The third-order valence-electron chi connectivity index (χ3n) is 3.38. The fourth-order valence-corrected chi connectivity index (χ4v) is 1.96. The van der Waals surface area contributed by atoms with Gasteiger partial charge in [-0.2, -0.15) is 0 Å².